The minimum absolute atomic E-state index is 0.00576. The highest BCUT2D eigenvalue weighted by Gasteiger charge is 2.69. The molecule has 22 heavy (non-hydrogen) atoms. The molecule has 4 rings (SSSR count). The highest BCUT2D eigenvalue weighted by molar-refractivity contribution is 6.07. The van der Waals surface area contributed by atoms with Crippen molar-refractivity contribution in [1.82, 2.24) is 0 Å². The zero-order valence-electron chi connectivity index (χ0n) is 12.7. The Morgan fingerprint density at radius 3 is 2.86 bits per heavy atom. The lowest BCUT2D eigenvalue weighted by atomic mass is 9.48. The monoisotopic (exact) mass is 300 g/mol. The molecule has 2 saturated carbocycles. The largest absolute Gasteiger partial charge is 0.477 e. The molecule has 4 aliphatic rings. The first-order valence-corrected chi connectivity index (χ1v) is 8.00. The third-order valence-electron chi connectivity index (χ3n) is 6.18. The number of allylic oxidation sites excluding steroid dienone is 3. The van der Waals surface area contributed by atoms with Gasteiger partial charge in [-0.05, 0) is 36.8 Å². The third-order valence-corrected chi connectivity index (χ3v) is 6.18. The number of hydrogen-bond donors (Lipinski definition) is 1. The maximum absolute atomic E-state index is 12.5. The lowest BCUT2D eigenvalue weighted by Crippen LogP contribution is -2.65. The van der Waals surface area contributed by atoms with E-state index in [1.165, 1.54) is 6.08 Å². The van der Waals surface area contributed by atoms with Gasteiger partial charge in [0.2, 0.25) is 5.78 Å². The fourth-order valence-electron chi connectivity index (χ4n) is 5.10. The van der Waals surface area contributed by atoms with Gasteiger partial charge in [-0.2, -0.15) is 0 Å². The average molecular weight is 300 g/mol. The average Bonchev–Trinajstić information content (AvgIpc) is 2.85. The molecule has 3 aliphatic carbocycles. The lowest BCUT2D eigenvalue weighted by Gasteiger charge is -2.57. The van der Waals surface area contributed by atoms with Crippen LogP contribution in [-0.2, 0) is 14.3 Å². The van der Waals surface area contributed by atoms with Gasteiger partial charge in [-0.15, -0.1) is 0 Å². The first kappa shape index (κ1) is 13.9. The smallest absolute Gasteiger partial charge is 0.220 e. The molecule has 0 saturated heterocycles. The fraction of sp³-hybridized carbons (Fsp3) is 0.556. The van der Waals surface area contributed by atoms with Crippen LogP contribution in [0.1, 0.15) is 39.0 Å². The van der Waals surface area contributed by atoms with Crippen LogP contribution >= 0.6 is 0 Å². The van der Waals surface area contributed by atoms with Gasteiger partial charge in [0.05, 0.1) is 11.0 Å². The van der Waals surface area contributed by atoms with E-state index in [1.54, 1.807) is 6.08 Å². The lowest BCUT2D eigenvalue weighted by molar-refractivity contribution is -0.191. The molecule has 1 N–H and O–H groups in total. The number of ether oxygens (including phenoxy) is 1. The highest BCUT2D eigenvalue weighted by Crippen LogP contribution is 2.64. The van der Waals surface area contributed by atoms with Crippen LogP contribution < -0.4 is 0 Å². The Bertz CT molecular complexity index is 671. The van der Waals surface area contributed by atoms with Gasteiger partial charge in [0, 0.05) is 12.0 Å². The van der Waals surface area contributed by atoms with Crippen molar-refractivity contribution in [3.05, 3.63) is 35.6 Å². The SMILES string of the molecule is C=C1C=CC(=O)C2=C1[C@]13CCC[C@H](C)[C@]1(O)CCC(=O)C3O2. The maximum Gasteiger partial charge on any atom is 0.220 e. The van der Waals surface area contributed by atoms with Crippen molar-refractivity contribution in [2.24, 2.45) is 11.3 Å². The Morgan fingerprint density at radius 2 is 2.09 bits per heavy atom. The molecule has 1 aliphatic heterocycles. The summed E-state index contributed by atoms with van der Waals surface area (Å²) in [6.45, 7) is 6.09. The van der Waals surface area contributed by atoms with E-state index in [0.29, 0.717) is 30.4 Å². The van der Waals surface area contributed by atoms with Crippen LogP contribution in [-0.4, -0.2) is 28.4 Å². The predicted molar refractivity (Wildman–Crippen MR) is 79.8 cm³/mol. The molecule has 0 amide bonds. The third kappa shape index (κ3) is 1.37. The first-order valence-electron chi connectivity index (χ1n) is 8.00. The van der Waals surface area contributed by atoms with Crippen molar-refractivity contribution in [2.75, 3.05) is 0 Å². The van der Waals surface area contributed by atoms with Gasteiger partial charge < -0.3 is 9.84 Å². The Kier molecular flexibility index (Phi) is 2.66. The second-order valence-corrected chi connectivity index (χ2v) is 7.08. The van der Waals surface area contributed by atoms with E-state index in [4.69, 9.17) is 4.74 Å². The summed E-state index contributed by atoms with van der Waals surface area (Å²) in [5.41, 5.74) is -0.422. The van der Waals surface area contributed by atoms with Crippen LogP contribution in [0.25, 0.3) is 0 Å². The molecular weight excluding hydrogens is 280 g/mol. The molecule has 0 aromatic rings. The number of ketones is 2. The second kappa shape index (κ2) is 4.19. The van der Waals surface area contributed by atoms with E-state index >= 15 is 0 Å². The van der Waals surface area contributed by atoms with Crippen LogP contribution in [0.15, 0.2) is 35.6 Å². The number of rotatable bonds is 0. The molecule has 1 heterocycles. The Labute approximate surface area is 129 Å². The molecule has 0 aromatic carbocycles. The van der Waals surface area contributed by atoms with Gasteiger partial charge in [-0.3, -0.25) is 9.59 Å². The summed E-state index contributed by atoms with van der Waals surface area (Å²) in [5.74, 6) is 0.0784. The van der Waals surface area contributed by atoms with E-state index in [1.807, 2.05) is 6.92 Å². The molecule has 4 nitrogen and oxygen atoms in total. The summed E-state index contributed by atoms with van der Waals surface area (Å²) in [5, 5.41) is 11.5. The van der Waals surface area contributed by atoms with E-state index in [0.717, 1.165) is 12.8 Å². The minimum Gasteiger partial charge on any atom is -0.477 e. The molecule has 0 bridgehead atoms. The number of Topliss-reactive ketones (excluding diaryl/α,β-unsaturated/α-hetero) is 1. The van der Waals surface area contributed by atoms with Crippen LogP contribution in [0.3, 0.4) is 0 Å². The number of aliphatic hydroxyl groups is 1. The number of hydrogen-bond acceptors (Lipinski definition) is 4. The summed E-state index contributed by atoms with van der Waals surface area (Å²) in [6, 6.07) is 0. The van der Waals surface area contributed by atoms with Crippen molar-refractivity contribution in [2.45, 2.75) is 50.7 Å². The molecule has 0 radical (unpaired) electrons. The summed E-state index contributed by atoms with van der Waals surface area (Å²) < 4.78 is 5.85. The maximum atomic E-state index is 12.5. The molecular formula is C18H20O4. The summed E-state index contributed by atoms with van der Waals surface area (Å²) in [4.78, 5) is 24.7. The molecule has 116 valence electrons. The van der Waals surface area contributed by atoms with Gasteiger partial charge in [-0.25, -0.2) is 0 Å². The topological polar surface area (TPSA) is 63.6 Å². The molecule has 4 atom stereocenters. The van der Waals surface area contributed by atoms with E-state index in [2.05, 4.69) is 6.58 Å². The first-order chi connectivity index (χ1) is 10.4. The van der Waals surface area contributed by atoms with Gasteiger partial charge in [-0.1, -0.05) is 26.0 Å². The Morgan fingerprint density at radius 1 is 1.32 bits per heavy atom. The zero-order chi connectivity index (χ0) is 15.7. The standard InChI is InChI=1S/C18H20O4/c1-10-5-6-12(19)15-14(10)17-8-3-4-11(2)18(17,21)9-7-13(20)16(17)22-15/h5-6,11,16,21H,1,3-4,7-9H2,2H3/t11-,16?,17-,18+/m0/s1. The van der Waals surface area contributed by atoms with Crippen molar-refractivity contribution in [3.8, 4) is 0 Å². The van der Waals surface area contributed by atoms with Crippen molar-refractivity contribution >= 4 is 11.6 Å². The molecule has 2 fully saturated rings. The van der Waals surface area contributed by atoms with Gasteiger partial charge in [0.1, 0.15) is 0 Å². The normalized spacial score (nSPS) is 43.6. The number of carbonyl (C=O) groups is 2. The van der Waals surface area contributed by atoms with Crippen molar-refractivity contribution in [3.63, 3.8) is 0 Å². The van der Waals surface area contributed by atoms with E-state index in [-0.39, 0.29) is 23.2 Å². The Hall–Kier alpha value is -1.68. The van der Waals surface area contributed by atoms with E-state index in [9.17, 15) is 14.7 Å². The quantitative estimate of drug-likeness (QED) is 0.745. The van der Waals surface area contributed by atoms with Crippen molar-refractivity contribution < 1.29 is 19.4 Å². The minimum atomic E-state index is -1.00. The molecule has 1 unspecified atom stereocenters. The van der Waals surface area contributed by atoms with Crippen LogP contribution in [0, 0.1) is 11.3 Å². The summed E-state index contributed by atoms with van der Waals surface area (Å²) in [6.07, 6.45) is 5.64. The molecule has 4 heteroatoms. The Balaban J connectivity index is 1.98. The van der Waals surface area contributed by atoms with Crippen LogP contribution in [0.2, 0.25) is 0 Å². The number of carbonyl (C=O) groups excluding carboxylic acids is 2. The van der Waals surface area contributed by atoms with Gasteiger partial charge in [0.25, 0.3) is 0 Å². The highest BCUT2D eigenvalue weighted by atomic mass is 16.5. The summed E-state index contributed by atoms with van der Waals surface area (Å²) in [7, 11) is 0. The summed E-state index contributed by atoms with van der Waals surface area (Å²) >= 11 is 0. The van der Waals surface area contributed by atoms with Gasteiger partial charge in [0.15, 0.2) is 17.6 Å². The van der Waals surface area contributed by atoms with E-state index < -0.39 is 17.1 Å². The predicted octanol–water partition coefficient (Wildman–Crippen LogP) is 2.23. The second-order valence-electron chi connectivity index (χ2n) is 7.08. The van der Waals surface area contributed by atoms with Gasteiger partial charge >= 0.3 is 0 Å². The molecule has 0 aromatic heterocycles. The van der Waals surface area contributed by atoms with Crippen LogP contribution in [0.4, 0.5) is 0 Å². The van der Waals surface area contributed by atoms with Crippen molar-refractivity contribution in [1.29, 1.82) is 0 Å². The molecule has 1 spiro atoms. The fourth-order valence-corrected chi connectivity index (χ4v) is 5.10. The van der Waals surface area contributed by atoms with Crippen LogP contribution in [0.5, 0.6) is 0 Å². The zero-order valence-corrected chi connectivity index (χ0v) is 12.7.